The molecule has 3 rings (SSSR count). The quantitative estimate of drug-likeness (QED) is 0.742. The number of para-hydroxylation sites is 1. The van der Waals surface area contributed by atoms with Crippen LogP contribution in [0.4, 0.5) is 0 Å². The molecule has 26 heavy (non-hydrogen) atoms. The molecule has 0 aromatic heterocycles. The van der Waals surface area contributed by atoms with Crippen molar-refractivity contribution in [3.8, 4) is 23.0 Å². The first-order valence-electron chi connectivity index (χ1n) is 7.95. The minimum atomic E-state index is -0.233. The van der Waals surface area contributed by atoms with E-state index in [1.807, 2.05) is 0 Å². The Morgan fingerprint density at radius 2 is 1.96 bits per heavy atom. The van der Waals surface area contributed by atoms with Crippen molar-refractivity contribution in [1.29, 1.82) is 0 Å². The minimum Gasteiger partial charge on any atom is -0.493 e. The Kier molecular flexibility index (Phi) is 4.93. The second kappa shape index (κ2) is 7.31. The number of carbonyl (C=O) groups is 2. The van der Waals surface area contributed by atoms with E-state index in [9.17, 15) is 9.59 Å². The van der Waals surface area contributed by atoms with Crippen LogP contribution in [0.15, 0.2) is 42.2 Å². The molecule has 2 aromatic carbocycles. The number of rotatable bonds is 6. The molecule has 1 heterocycles. The zero-order valence-electron chi connectivity index (χ0n) is 14.7. The van der Waals surface area contributed by atoms with Gasteiger partial charge >= 0.3 is 0 Å². The molecule has 0 saturated carbocycles. The van der Waals surface area contributed by atoms with Crippen molar-refractivity contribution in [2.24, 2.45) is 0 Å². The molecule has 0 N–H and O–H groups in total. The highest BCUT2D eigenvalue weighted by Gasteiger charge is 2.28. The lowest BCUT2D eigenvalue weighted by molar-refractivity contribution is -0.118. The number of hydrogen-bond acceptors (Lipinski definition) is 6. The van der Waals surface area contributed by atoms with Gasteiger partial charge in [-0.25, -0.2) is 0 Å². The Labute approximate surface area is 150 Å². The van der Waals surface area contributed by atoms with Crippen LogP contribution in [-0.4, -0.2) is 32.4 Å². The summed E-state index contributed by atoms with van der Waals surface area (Å²) in [7, 11) is 3.08. The maximum atomic E-state index is 12.6. The molecule has 0 fully saturated rings. The molecule has 2 aromatic rings. The van der Waals surface area contributed by atoms with Crippen LogP contribution in [0, 0.1) is 0 Å². The Morgan fingerprint density at radius 3 is 2.65 bits per heavy atom. The zero-order valence-corrected chi connectivity index (χ0v) is 14.7. The Hall–Kier alpha value is -3.28. The molecule has 6 heteroatoms. The Morgan fingerprint density at radius 1 is 1.15 bits per heavy atom. The van der Waals surface area contributed by atoms with Gasteiger partial charge in [-0.3, -0.25) is 9.59 Å². The van der Waals surface area contributed by atoms with Crippen molar-refractivity contribution in [3.63, 3.8) is 0 Å². The summed E-state index contributed by atoms with van der Waals surface area (Å²) < 4.78 is 21.7. The van der Waals surface area contributed by atoms with Crippen LogP contribution < -0.4 is 18.9 Å². The van der Waals surface area contributed by atoms with Gasteiger partial charge < -0.3 is 18.9 Å². The highest BCUT2D eigenvalue weighted by Crippen LogP contribution is 2.37. The maximum absolute atomic E-state index is 12.6. The molecule has 0 radical (unpaired) electrons. The molecule has 0 bridgehead atoms. The number of ketones is 2. The van der Waals surface area contributed by atoms with E-state index >= 15 is 0 Å². The average molecular weight is 354 g/mol. The highest BCUT2D eigenvalue weighted by molar-refractivity contribution is 6.14. The van der Waals surface area contributed by atoms with Gasteiger partial charge in [-0.05, 0) is 31.2 Å². The first-order chi connectivity index (χ1) is 12.5. The average Bonchev–Trinajstić information content (AvgIpc) is 2.94. The molecule has 134 valence electrons. The molecule has 0 aliphatic carbocycles. The van der Waals surface area contributed by atoms with Gasteiger partial charge in [-0.2, -0.15) is 0 Å². The van der Waals surface area contributed by atoms with Gasteiger partial charge in [0.2, 0.25) is 5.78 Å². The van der Waals surface area contributed by atoms with Gasteiger partial charge in [0.1, 0.15) is 18.1 Å². The number of allylic oxidation sites excluding steroid dienone is 1. The molecule has 0 spiro atoms. The molecule has 0 saturated heterocycles. The molecule has 1 aliphatic heterocycles. The fraction of sp³-hybridized carbons (Fsp3) is 0.200. The lowest BCUT2D eigenvalue weighted by Crippen LogP contribution is -2.06. The van der Waals surface area contributed by atoms with Crippen molar-refractivity contribution in [2.75, 3.05) is 20.8 Å². The zero-order chi connectivity index (χ0) is 18.7. The van der Waals surface area contributed by atoms with E-state index in [1.54, 1.807) is 49.6 Å². The van der Waals surface area contributed by atoms with E-state index < -0.39 is 0 Å². The monoisotopic (exact) mass is 354 g/mol. The Bertz CT molecular complexity index is 897. The standard InChI is InChI=1S/C20H18O6/c1-12(21)11-25-14-7-8-15-17(10-14)26-18(19(15)22)9-13-5-4-6-16(23-2)20(13)24-3/h4-10H,11H2,1-3H3. The largest absolute Gasteiger partial charge is 0.493 e. The number of ether oxygens (including phenoxy) is 4. The fourth-order valence-corrected chi connectivity index (χ4v) is 2.61. The van der Waals surface area contributed by atoms with Gasteiger partial charge in [-0.1, -0.05) is 12.1 Å². The van der Waals surface area contributed by atoms with E-state index in [0.29, 0.717) is 34.1 Å². The van der Waals surface area contributed by atoms with Crippen LogP contribution in [0.5, 0.6) is 23.0 Å². The minimum absolute atomic E-state index is 0.0313. The molecule has 0 amide bonds. The summed E-state index contributed by atoms with van der Waals surface area (Å²) in [6, 6.07) is 10.2. The summed E-state index contributed by atoms with van der Waals surface area (Å²) in [6.07, 6.45) is 1.61. The predicted octanol–water partition coefficient (Wildman–Crippen LogP) is 3.29. The van der Waals surface area contributed by atoms with Gasteiger partial charge in [0, 0.05) is 11.6 Å². The summed E-state index contributed by atoms with van der Waals surface area (Å²) in [6.45, 7) is 1.41. The molecular formula is C20H18O6. The number of Topliss-reactive ketones (excluding diaryl/α,β-unsaturated/α-hetero) is 2. The van der Waals surface area contributed by atoms with Crippen molar-refractivity contribution in [2.45, 2.75) is 6.92 Å². The number of hydrogen-bond donors (Lipinski definition) is 0. The SMILES string of the molecule is COc1cccc(C=C2Oc3cc(OCC(C)=O)ccc3C2=O)c1OC. The molecule has 0 unspecified atom stereocenters. The first kappa shape index (κ1) is 17.5. The topological polar surface area (TPSA) is 71.1 Å². The summed E-state index contributed by atoms with van der Waals surface area (Å²) >= 11 is 0. The third-order valence-corrected chi connectivity index (χ3v) is 3.80. The number of benzene rings is 2. The van der Waals surface area contributed by atoms with E-state index in [2.05, 4.69) is 0 Å². The maximum Gasteiger partial charge on any atom is 0.231 e. The fourth-order valence-electron chi connectivity index (χ4n) is 2.61. The third kappa shape index (κ3) is 3.39. The van der Waals surface area contributed by atoms with Crippen molar-refractivity contribution in [3.05, 3.63) is 53.3 Å². The smallest absolute Gasteiger partial charge is 0.231 e. The Balaban J connectivity index is 1.90. The first-order valence-corrected chi connectivity index (χ1v) is 7.95. The summed E-state index contributed by atoms with van der Waals surface area (Å²) in [5.41, 5.74) is 1.10. The van der Waals surface area contributed by atoms with Crippen LogP contribution in [0.1, 0.15) is 22.8 Å². The summed E-state index contributed by atoms with van der Waals surface area (Å²) in [4.78, 5) is 23.6. The van der Waals surface area contributed by atoms with E-state index in [1.165, 1.54) is 14.0 Å². The number of fused-ring (bicyclic) bond motifs is 1. The van der Waals surface area contributed by atoms with E-state index in [4.69, 9.17) is 18.9 Å². The van der Waals surface area contributed by atoms with Crippen LogP contribution in [0.25, 0.3) is 6.08 Å². The lowest BCUT2D eigenvalue weighted by atomic mass is 10.1. The molecular weight excluding hydrogens is 336 g/mol. The molecule has 1 aliphatic rings. The van der Waals surface area contributed by atoms with Gasteiger partial charge in [0.15, 0.2) is 23.0 Å². The number of carbonyl (C=O) groups excluding carboxylic acids is 2. The lowest BCUT2D eigenvalue weighted by Gasteiger charge is -2.10. The predicted molar refractivity (Wildman–Crippen MR) is 95.1 cm³/mol. The van der Waals surface area contributed by atoms with Crippen molar-refractivity contribution < 1.29 is 28.5 Å². The van der Waals surface area contributed by atoms with Crippen LogP contribution in [0.3, 0.4) is 0 Å². The molecule has 6 nitrogen and oxygen atoms in total. The van der Waals surface area contributed by atoms with Crippen LogP contribution >= 0.6 is 0 Å². The second-order valence-electron chi connectivity index (χ2n) is 5.67. The normalized spacial score (nSPS) is 14.0. The van der Waals surface area contributed by atoms with Crippen molar-refractivity contribution >= 4 is 17.6 Å². The van der Waals surface area contributed by atoms with Crippen LogP contribution in [0.2, 0.25) is 0 Å². The second-order valence-corrected chi connectivity index (χ2v) is 5.67. The van der Waals surface area contributed by atoms with Gasteiger partial charge in [-0.15, -0.1) is 0 Å². The third-order valence-electron chi connectivity index (χ3n) is 3.80. The van der Waals surface area contributed by atoms with Crippen LogP contribution in [-0.2, 0) is 4.79 Å². The van der Waals surface area contributed by atoms with E-state index in [-0.39, 0.29) is 23.9 Å². The number of methoxy groups -OCH3 is 2. The summed E-state index contributed by atoms with van der Waals surface area (Å²) in [5.74, 6) is 1.78. The van der Waals surface area contributed by atoms with E-state index in [0.717, 1.165) is 0 Å². The van der Waals surface area contributed by atoms with Gasteiger partial charge in [0.25, 0.3) is 0 Å². The molecule has 0 atom stereocenters. The summed E-state index contributed by atoms with van der Waals surface area (Å²) in [5, 5.41) is 0. The highest BCUT2D eigenvalue weighted by atomic mass is 16.5. The van der Waals surface area contributed by atoms with Gasteiger partial charge in [0.05, 0.1) is 19.8 Å². The van der Waals surface area contributed by atoms with Crippen molar-refractivity contribution in [1.82, 2.24) is 0 Å².